The molecule has 0 unspecified atom stereocenters. The van der Waals surface area contributed by atoms with Crippen molar-refractivity contribution >= 4 is 36.4 Å². The lowest BCUT2D eigenvalue weighted by Gasteiger charge is -2.28. The molecule has 0 saturated heterocycles. The van der Waals surface area contributed by atoms with Gasteiger partial charge >= 0.3 is 0 Å². The fourth-order valence-electron chi connectivity index (χ4n) is 4.57. The number of benzene rings is 1. The molecule has 1 aliphatic rings. The first kappa shape index (κ1) is 22.9. The van der Waals surface area contributed by atoms with Crippen LogP contribution in [0.4, 0.5) is 11.5 Å². The second-order valence-corrected chi connectivity index (χ2v) is 8.80. The van der Waals surface area contributed by atoms with Gasteiger partial charge < -0.3 is 15.5 Å². The topological polar surface area (TPSA) is 119 Å². The van der Waals surface area contributed by atoms with Crippen molar-refractivity contribution in [2.75, 3.05) is 10.6 Å². The van der Waals surface area contributed by atoms with Gasteiger partial charge in [0.25, 0.3) is 0 Å². The van der Waals surface area contributed by atoms with E-state index in [1.54, 1.807) is 35.1 Å². The fraction of sp³-hybridized carbons (Fsp3) is 0.280. The number of fused-ring (bicyclic) bond motifs is 1. The van der Waals surface area contributed by atoms with Crippen molar-refractivity contribution in [3.05, 3.63) is 72.3 Å². The minimum absolute atomic E-state index is 0.0138. The predicted molar refractivity (Wildman–Crippen MR) is 135 cm³/mol. The molecule has 9 nitrogen and oxygen atoms in total. The standard InChI is InChI=1S/C25H26BN7O2/c26-21-15-30-33-23(29-14-16-3-2-10-28-13-16)12-22(32-24(21)33)17-6-8-18(9-7-17)25(34)31-19-4-1-5-20(11-19)35-27/h1-5,10-13,15,17-18,29H,6-9,14,27H2,(H,31,34). The normalized spacial score (nSPS) is 17.7. The van der Waals surface area contributed by atoms with Crippen LogP contribution in [-0.4, -0.2) is 33.3 Å². The van der Waals surface area contributed by atoms with Gasteiger partial charge in [-0.2, -0.15) is 15.5 Å². The molecule has 3 aromatic heterocycles. The molecule has 1 amide bonds. The van der Waals surface area contributed by atoms with Crippen LogP contribution in [0.5, 0.6) is 5.75 Å². The molecular formula is C25H26BN7O2. The molecule has 1 fully saturated rings. The number of nitrogens with two attached hydrogens (primary N) is 1. The zero-order valence-corrected chi connectivity index (χ0v) is 19.2. The third-order valence-electron chi connectivity index (χ3n) is 6.47. The molecule has 35 heavy (non-hydrogen) atoms. The van der Waals surface area contributed by atoms with E-state index in [1.165, 1.54) is 0 Å². The van der Waals surface area contributed by atoms with Gasteiger partial charge in [0.05, 0.1) is 0 Å². The summed E-state index contributed by atoms with van der Waals surface area (Å²) in [4.78, 5) is 26.6. The predicted octanol–water partition coefficient (Wildman–Crippen LogP) is 2.70. The first-order valence-electron chi connectivity index (χ1n) is 11.7. The highest BCUT2D eigenvalue weighted by Gasteiger charge is 2.28. The van der Waals surface area contributed by atoms with Crippen LogP contribution >= 0.6 is 0 Å². The monoisotopic (exact) mass is 467 g/mol. The molecule has 3 heterocycles. The molecule has 0 spiro atoms. The molecule has 10 heteroatoms. The van der Waals surface area contributed by atoms with Gasteiger partial charge in [-0.05, 0) is 54.9 Å². The molecule has 1 aliphatic carbocycles. The van der Waals surface area contributed by atoms with E-state index in [2.05, 4.69) is 20.7 Å². The number of carbonyl (C=O) groups excluding carboxylic acids is 1. The van der Waals surface area contributed by atoms with Gasteiger partial charge in [-0.15, -0.1) is 0 Å². The van der Waals surface area contributed by atoms with Crippen molar-refractivity contribution in [3.8, 4) is 5.75 Å². The number of nitrogens with one attached hydrogen (secondary N) is 2. The Morgan fingerprint density at radius 2 is 2.00 bits per heavy atom. The molecular weight excluding hydrogens is 441 g/mol. The third kappa shape index (κ3) is 5.12. The van der Waals surface area contributed by atoms with E-state index in [1.807, 2.05) is 30.5 Å². The molecule has 176 valence electrons. The van der Waals surface area contributed by atoms with Gasteiger partial charge in [0.15, 0.2) is 0 Å². The molecule has 2 radical (unpaired) electrons. The van der Waals surface area contributed by atoms with E-state index in [-0.39, 0.29) is 17.7 Å². The molecule has 1 saturated carbocycles. The summed E-state index contributed by atoms with van der Waals surface area (Å²) in [5.74, 6) is 6.75. The Morgan fingerprint density at radius 1 is 1.14 bits per heavy atom. The van der Waals surface area contributed by atoms with Gasteiger partial charge in [-0.25, -0.2) is 4.98 Å². The number of carbonyl (C=O) groups is 1. The Hall–Kier alpha value is -3.92. The first-order valence-corrected chi connectivity index (χ1v) is 11.7. The zero-order valence-electron chi connectivity index (χ0n) is 19.2. The number of pyridine rings is 1. The van der Waals surface area contributed by atoms with Gasteiger partial charge in [0.2, 0.25) is 5.91 Å². The van der Waals surface area contributed by atoms with Crippen LogP contribution in [0.25, 0.3) is 5.65 Å². The van der Waals surface area contributed by atoms with Crippen molar-refractivity contribution in [2.24, 2.45) is 11.8 Å². The Kier molecular flexibility index (Phi) is 6.63. The summed E-state index contributed by atoms with van der Waals surface area (Å²) in [7, 11) is 6.15. The zero-order chi connectivity index (χ0) is 24.2. The van der Waals surface area contributed by atoms with Crippen LogP contribution in [0.2, 0.25) is 0 Å². The highest BCUT2D eigenvalue weighted by atomic mass is 16.6. The number of aromatic nitrogens is 4. The lowest BCUT2D eigenvalue weighted by atomic mass is 9.80. The maximum Gasteiger partial charge on any atom is 0.227 e. The first-order chi connectivity index (χ1) is 17.1. The SMILES string of the molecule is [B]c1cnn2c(NCc3cccnc3)cc(C3CCC(C(=O)Nc4cccc(ON)c4)CC3)nc12. The minimum Gasteiger partial charge on any atom is -0.411 e. The van der Waals surface area contributed by atoms with Crippen LogP contribution in [-0.2, 0) is 11.3 Å². The summed E-state index contributed by atoms with van der Waals surface area (Å²) in [5, 5.41) is 10.8. The van der Waals surface area contributed by atoms with Crippen LogP contribution in [0, 0.1) is 5.92 Å². The fourth-order valence-corrected chi connectivity index (χ4v) is 4.57. The minimum atomic E-state index is -0.0550. The number of hydrogen-bond acceptors (Lipinski definition) is 7. The molecule has 5 rings (SSSR count). The van der Waals surface area contributed by atoms with E-state index in [0.29, 0.717) is 29.1 Å². The van der Waals surface area contributed by atoms with Gasteiger partial charge in [-0.3, -0.25) is 9.78 Å². The highest BCUT2D eigenvalue weighted by molar-refractivity contribution is 6.36. The van der Waals surface area contributed by atoms with Crippen molar-refractivity contribution < 1.29 is 9.63 Å². The van der Waals surface area contributed by atoms with Crippen molar-refractivity contribution in [2.45, 2.75) is 38.1 Å². The van der Waals surface area contributed by atoms with Crippen LogP contribution < -0.4 is 26.8 Å². The Labute approximate surface area is 204 Å². The van der Waals surface area contributed by atoms with E-state index in [9.17, 15) is 4.79 Å². The molecule has 4 aromatic rings. The second-order valence-electron chi connectivity index (χ2n) is 8.80. The summed E-state index contributed by atoms with van der Waals surface area (Å²) in [6.07, 6.45) is 8.49. The van der Waals surface area contributed by atoms with E-state index in [0.717, 1.165) is 42.8 Å². The summed E-state index contributed by atoms with van der Waals surface area (Å²) < 4.78 is 1.73. The smallest absolute Gasteiger partial charge is 0.227 e. The lowest BCUT2D eigenvalue weighted by molar-refractivity contribution is -0.120. The van der Waals surface area contributed by atoms with Crippen molar-refractivity contribution in [3.63, 3.8) is 0 Å². The Morgan fingerprint density at radius 3 is 2.77 bits per heavy atom. The van der Waals surface area contributed by atoms with Crippen LogP contribution in [0.15, 0.2) is 61.1 Å². The average molecular weight is 467 g/mol. The molecule has 0 atom stereocenters. The quantitative estimate of drug-likeness (QED) is 0.282. The Balaban J connectivity index is 1.27. The number of amides is 1. The summed E-state index contributed by atoms with van der Waals surface area (Å²) in [6, 6.07) is 13.0. The Bertz CT molecular complexity index is 1320. The molecule has 0 bridgehead atoms. The van der Waals surface area contributed by atoms with Crippen LogP contribution in [0.1, 0.15) is 42.9 Å². The largest absolute Gasteiger partial charge is 0.411 e. The van der Waals surface area contributed by atoms with Crippen LogP contribution in [0.3, 0.4) is 0 Å². The highest BCUT2D eigenvalue weighted by Crippen LogP contribution is 2.36. The maximum atomic E-state index is 12.8. The lowest BCUT2D eigenvalue weighted by Crippen LogP contribution is -2.27. The van der Waals surface area contributed by atoms with E-state index < -0.39 is 0 Å². The summed E-state index contributed by atoms with van der Waals surface area (Å²) in [6.45, 7) is 0.607. The molecule has 4 N–H and O–H groups in total. The number of anilines is 2. The third-order valence-corrected chi connectivity index (χ3v) is 6.47. The molecule has 0 aliphatic heterocycles. The molecule has 1 aromatic carbocycles. The van der Waals surface area contributed by atoms with E-state index in [4.69, 9.17) is 23.6 Å². The average Bonchev–Trinajstić information content (AvgIpc) is 3.28. The number of nitrogens with zero attached hydrogens (tertiary/aromatic N) is 4. The van der Waals surface area contributed by atoms with Gasteiger partial charge in [-0.1, -0.05) is 12.1 Å². The van der Waals surface area contributed by atoms with Crippen molar-refractivity contribution in [1.29, 1.82) is 0 Å². The summed E-state index contributed by atoms with van der Waals surface area (Å²) in [5.41, 5.74) is 3.87. The summed E-state index contributed by atoms with van der Waals surface area (Å²) >= 11 is 0. The van der Waals surface area contributed by atoms with Crippen molar-refractivity contribution in [1.82, 2.24) is 19.6 Å². The number of hydrogen-bond donors (Lipinski definition) is 3. The van der Waals surface area contributed by atoms with E-state index >= 15 is 0 Å². The van der Waals surface area contributed by atoms with Gasteiger partial charge in [0, 0.05) is 60.5 Å². The maximum absolute atomic E-state index is 12.8. The second kappa shape index (κ2) is 10.1. The van der Waals surface area contributed by atoms with Gasteiger partial charge in [0.1, 0.15) is 25.1 Å². The number of rotatable bonds is 7.